The number of rotatable bonds is 1. The fourth-order valence-corrected chi connectivity index (χ4v) is 12.2. The standard InChI is InChI=1S/C33H54O4/c1-26(2)23-14-18-31(9)24(29(23,7)16-15-25(26)34)12-11-21-22(13-17-30(21,31)8)32(10)19-20-33(37-32)27(3,4)35-28(5,6)36-33/h21-24H,11-20H2,1-10H3/t21-,22+,23+,24-,29+,30-,31-,32+,33?/m1/s1. The average Bonchev–Trinajstić information content (AvgIpc) is 3.35. The van der Waals surface area contributed by atoms with Crippen molar-refractivity contribution in [3.8, 4) is 0 Å². The van der Waals surface area contributed by atoms with Gasteiger partial charge in [-0.15, -0.1) is 0 Å². The van der Waals surface area contributed by atoms with Crippen molar-refractivity contribution < 1.29 is 19.0 Å². The van der Waals surface area contributed by atoms with E-state index in [4.69, 9.17) is 14.2 Å². The van der Waals surface area contributed by atoms with Crippen molar-refractivity contribution in [1.82, 2.24) is 0 Å². The summed E-state index contributed by atoms with van der Waals surface area (Å²) in [6.45, 7) is 23.1. The van der Waals surface area contributed by atoms with Crippen molar-refractivity contribution in [1.29, 1.82) is 0 Å². The molecule has 2 saturated heterocycles. The smallest absolute Gasteiger partial charge is 0.200 e. The summed E-state index contributed by atoms with van der Waals surface area (Å²) < 4.78 is 20.1. The number of carbonyl (C=O) groups excluding carboxylic acids is 1. The Labute approximate surface area is 226 Å². The highest BCUT2D eigenvalue weighted by atomic mass is 16.9. The van der Waals surface area contributed by atoms with Gasteiger partial charge in [-0.25, -0.2) is 0 Å². The second-order valence-electron chi connectivity index (χ2n) is 16.7. The zero-order chi connectivity index (χ0) is 27.1. The molecule has 6 aliphatic rings. The van der Waals surface area contributed by atoms with Crippen molar-refractivity contribution in [2.24, 2.45) is 45.3 Å². The van der Waals surface area contributed by atoms with E-state index >= 15 is 0 Å². The predicted octanol–water partition coefficient (Wildman–Crippen LogP) is 8.07. The van der Waals surface area contributed by atoms with Crippen LogP contribution in [0.5, 0.6) is 0 Å². The molecule has 37 heavy (non-hydrogen) atoms. The molecule has 4 heteroatoms. The number of hydrogen-bond acceptors (Lipinski definition) is 4. The maximum atomic E-state index is 13.0. The third-order valence-electron chi connectivity index (χ3n) is 14.1. The van der Waals surface area contributed by atoms with Gasteiger partial charge in [-0.1, -0.05) is 34.6 Å². The molecule has 0 aromatic carbocycles. The molecule has 4 nitrogen and oxygen atoms in total. The summed E-state index contributed by atoms with van der Waals surface area (Å²) in [6.07, 6.45) is 11.5. The van der Waals surface area contributed by atoms with Crippen LogP contribution in [0.3, 0.4) is 0 Å². The van der Waals surface area contributed by atoms with Crippen molar-refractivity contribution in [2.45, 2.75) is 156 Å². The minimum absolute atomic E-state index is 0.173. The first kappa shape index (κ1) is 26.8. The fraction of sp³-hybridized carbons (Fsp3) is 0.970. The summed E-state index contributed by atoms with van der Waals surface area (Å²) in [7, 11) is 0. The molecular formula is C33H54O4. The van der Waals surface area contributed by atoms with E-state index in [0.717, 1.165) is 25.7 Å². The SMILES string of the molecule is CC1(C)OC(C)(C)C2(CC[C@@](C)([C@H]3CC[C@]4(C)[C@@H]3CC[C@@H]3[C@@]5(C)CCC(=O)C(C)(C)[C@@H]5CC[C@]34C)O2)O1. The van der Waals surface area contributed by atoms with E-state index in [1.807, 2.05) is 13.8 Å². The van der Waals surface area contributed by atoms with Gasteiger partial charge < -0.3 is 14.2 Å². The number of ether oxygens (including phenoxy) is 3. The lowest BCUT2D eigenvalue weighted by atomic mass is 9.35. The Hall–Kier alpha value is -0.450. The van der Waals surface area contributed by atoms with Crippen LogP contribution in [-0.2, 0) is 19.0 Å². The monoisotopic (exact) mass is 514 g/mol. The third kappa shape index (κ3) is 3.22. The van der Waals surface area contributed by atoms with E-state index in [0.29, 0.717) is 40.3 Å². The van der Waals surface area contributed by atoms with Gasteiger partial charge in [-0.2, -0.15) is 0 Å². The second-order valence-corrected chi connectivity index (χ2v) is 16.7. The Balaban J connectivity index is 1.30. The third-order valence-corrected chi connectivity index (χ3v) is 14.1. The van der Waals surface area contributed by atoms with Gasteiger partial charge in [0, 0.05) is 18.3 Å². The van der Waals surface area contributed by atoms with Crippen LogP contribution in [0.15, 0.2) is 0 Å². The zero-order valence-electron chi connectivity index (χ0n) is 25.5. The van der Waals surface area contributed by atoms with Crippen molar-refractivity contribution in [3.63, 3.8) is 0 Å². The van der Waals surface area contributed by atoms with Gasteiger partial charge in [0.2, 0.25) is 5.79 Å². The molecule has 0 N–H and O–H groups in total. The van der Waals surface area contributed by atoms with E-state index in [2.05, 4.69) is 55.4 Å². The lowest BCUT2D eigenvalue weighted by Crippen LogP contribution is -2.63. The maximum Gasteiger partial charge on any atom is 0.200 e. The first-order valence-corrected chi connectivity index (χ1v) is 15.5. The Morgan fingerprint density at radius 3 is 1.95 bits per heavy atom. The van der Waals surface area contributed by atoms with Crippen LogP contribution in [0, 0.1) is 45.3 Å². The quantitative estimate of drug-likeness (QED) is 0.355. The molecule has 6 rings (SSSR count). The maximum absolute atomic E-state index is 13.0. The fourth-order valence-electron chi connectivity index (χ4n) is 12.2. The van der Waals surface area contributed by atoms with Crippen molar-refractivity contribution in [3.05, 3.63) is 0 Å². The molecule has 0 aromatic rings. The van der Waals surface area contributed by atoms with Gasteiger partial charge in [0.1, 0.15) is 11.4 Å². The molecule has 9 atom stereocenters. The Bertz CT molecular complexity index is 998. The van der Waals surface area contributed by atoms with Crippen LogP contribution >= 0.6 is 0 Å². The van der Waals surface area contributed by atoms with E-state index < -0.39 is 17.2 Å². The first-order chi connectivity index (χ1) is 16.9. The highest BCUT2D eigenvalue weighted by Crippen LogP contribution is 2.76. The molecule has 0 aromatic heterocycles. The van der Waals surface area contributed by atoms with Crippen LogP contribution < -0.4 is 0 Å². The molecule has 0 bridgehead atoms. The Morgan fingerprint density at radius 1 is 0.622 bits per heavy atom. The van der Waals surface area contributed by atoms with E-state index in [1.54, 1.807) is 0 Å². The Morgan fingerprint density at radius 2 is 1.30 bits per heavy atom. The summed E-state index contributed by atoms with van der Waals surface area (Å²) in [6, 6.07) is 0. The van der Waals surface area contributed by atoms with Gasteiger partial charge in [0.15, 0.2) is 5.79 Å². The number of ketones is 1. The molecule has 1 unspecified atom stereocenters. The highest BCUT2D eigenvalue weighted by Gasteiger charge is 2.72. The van der Waals surface area contributed by atoms with Crippen molar-refractivity contribution >= 4 is 5.78 Å². The molecule has 0 amide bonds. The molecule has 4 aliphatic carbocycles. The van der Waals surface area contributed by atoms with Crippen LogP contribution in [0.4, 0.5) is 0 Å². The van der Waals surface area contributed by atoms with Gasteiger partial charge in [-0.05, 0) is 126 Å². The lowest BCUT2D eigenvalue weighted by molar-refractivity contribution is -0.283. The average molecular weight is 515 g/mol. The largest absolute Gasteiger partial charge is 0.340 e. The van der Waals surface area contributed by atoms with Gasteiger partial charge in [0.05, 0.1) is 5.60 Å². The van der Waals surface area contributed by atoms with Crippen LogP contribution in [0.1, 0.15) is 133 Å². The molecule has 210 valence electrons. The molecule has 0 radical (unpaired) electrons. The van der Waals surface area contributed by atoms with Crippen LogP contribution in [-0.4, -0.2) is 28.6 Å². The molecule has 4 saturated carbocycles. The van der Waals surface area contributed by atoms with Gasteiger partial charge >= 0.3 is 0 Å². The molecule has 2 heterocycles. The number of fused-ring (bicyclic) bond motifs is 5. The topological polar surface area (TPSA) is 44.8 Å². The predicted molar refractivity (Wildman–Crippen MR) is 146 cm³/mol. The van der Waals surface area contributed by atoms with E-state index in [1.165, 1.54) is 38.5 Å². The number of hydrogen-bond donors (Lipinski definition) is 0. The van der Waals surface area contributed by atoms with Crippen LogP contribution in [0.25, 0.3) is 0 Å². The normalized spacial score (nSPS) is 55.7. The summed E-state index contributed by atoms with van der Waals surface area (Å²) in [4.78, 5) is 13.0. The molecule has 1 spiro atoms. The molecule has 2 aliphatic heterocycles. The molecule has 6 fully saturated rings. The second kappa shape index (κ2) is 7.43. The number of Topliss-reactive ketones (excluding diaryl/α,β-unsaturated/α-hetero) is 1. The summed E-state index contributed by atoms with van der Waals surface area (Å²) in [5.41, 5.74) is 0.120. The summed E-state index contributed by atoms with van der Waals surface area (Å²) in [5.74, 6) is 1.71. The highest BCUT2D eigenvalue weighted by molar-refractivity contribution is 5.85. The minimum atomic E-state index is -0.656. The van der Waals surface area contributed by atoms with Crippen LogP contribution in [0.2, 0.25) is 0 Å². The van der Waals surface area contributed by atoms with Gasteiger partial charge in [0.25, 0.3) is 0 Å². The summed E-state index contributed by atoms with van der Waals surface area (Å²) in [5, 5.41) is 0. The number of carbonyl (C=O) groups is 1. The molecular weight excluding hydrogens is 460 g/mol. The zero-order valence-corrected chi connectivity index (χ0v) is 25.5. The minimum Gasteiger partial charge on any atom is -0.340 e. The van der Waals surface area contributed by atoms with Gasteiger partial charge in [-0.3, -0.25) is 4.79 Å². The van der Waals surface area contributed by atoms with Crippen molar-refractivity contribution in [2.75, 3.05) is 0 Å². The van der Waals surface area contributed by atoms with E-state index in [9.17, 15) is 4.79 Å². The Kier molecular flexibility index (Phi) is 5.38. The summed E-state index contributed by atoms with van der Waals surface area (Å²) >= 11 is 0. The lowest BCUT2D eigenvalue weighted by Gasteiger charge is -2.69. The first-order valence-electron chi connectivity index (χ1n) is 15.5. The van der Waals surface area contributed by atoms with E-state index in [-0.39, 0.29) is 16.4 Å².